The predicted molar refractivity (Wildman–Crippen MR) is 119 cm³/mol. The van der Waals surface area contributed by atoms with Gasteiger partial charge in [0.15, 0.2) is 0 Å². The largest absolute Gasteiger partial charge is 0.274 e. The number of carbonyl (C=O) groups is 2. The first-order valence-electron chi connectivity index (χ1n) is 10.2. The van der Waals surface area contributed by atoms with Gasteiger partial charge in [-0.05, 0) is 46.5 Å². The van der Waals surface area contributed by atoms with Crippen LogP contribution < -0.4 is 4.90 Å². The lowest BCUT2D eigenvalue weighted by Crippen LogP contribution is -2.59. The molecule has 2 amide bonds. The Morgan fingerprint density at radius 2 is 1.03 bits per heavy atom. The van der Waals surface area contributed by atoms with Crippen molar-refractivity contribution in [2.75, 3.05) is 4.90 Å². The first-order chi connectivity index (χ1) is 14.4. The van der Waals surface area contributed by atoms with E-state index in [2.05, 4.69) is 54.0 Å². The second-order valence-electron chi connectivity index (χ2n) is 8.94. The van der Waals surface area contributed by atoms with E-state index in [0.717, 1.165) is 4.47 Å². The van der Waals surface area contributed by atoms with Crippen molar-refractivity contribution in [1.82, 2.24) is 0 Å². The maximum absolute atomic E-state index is 13.9. The highest BCUT2D eigenvalue weighted by atomic mass is 79.9. The molecule has 4 aliphatic rings. The first kappa shape index (κ1) is 18.1. The summed E-state index contributed by atoms with van der Waals surface area (Å²) in [6.45, 7) is 4.30. The Morgan fingerprint density at radius 3 is 1.40 bits per heavy atom. The fourth-order valence-corrected chi connectivity index (χ4v) is 6.68. The summed E-state index contributed by atoms with van der Waals surface area (Å²) in [4.78, 5) is 29.2. The molecule has 0 N–H and O–H groups in total. The lowest BCUT2D eigenvalue weighted by molar-refractivity contribution is -0.124. The molecule has 3 aliphatic carbocycles. The Hall–Kier alpha value is -2.72. The molecule has 2 atom stereocenters. The molecule has 2 unspecified atom stereocenters. The van der Waals surface area contributed by atoms with Gasteiger partial charge in [0, 0.05) is 15.3 Å². The lowest BCUT2D eigenvalue weighted by atomic mass is 9.42. The van der Waals surface area contributed by atoms with Gasteiger partial charge in [-0.3, -0.25) is 9.59 Å². The number of hydrogen-bond donors (Lipinski definition) is 0. The molecule has 7 rings (SSSR count). The third-order valence-corrected chi connectivity index (χ3v) is 8.26. The maximum atomic E-state index is 13.9. The molecule has 3 aromatic carbocycles. The van der Waals surface area contributed by atoms with Crippen molar-refractivity contribution in [3.63, 3.8) is 0 Å². The van der Waals surface area contributed by atoms with Crippen LogP contribution in [0.1, 0.15) is 36.1 Å². The number of hydrogen-bond acceptors (Lipinski definition) is 2. The molecular weight excluding hydrogens is 438 g/mol. The monoisotopic (exact) mass is 457 g/mol. The van der Waals surface area contributed by atoms with E-state index in [0.29, 0.717) is 5.69 Å². The second kappa shape index (κ2) is 5.70. The zero-order valence-corrected chi connectivity index (χ0v) is 18.3. The van der Waals surface area contributed by atoms with Crippen LogP contribution >= 0.6 is 15.9 Å². The molecule has 0 spiro atoms. The third kappa shape index (κ3) is 1.87. The number of carbonyl (C=O) groups excluding carboxylic acids is 2. The molecule has 0 radical (unpaired) electrons. The van der Waals surface area contributed by atoms with E-state index in [1.165, 1.54) is 27.2 Å². The molecule has 2 bridgehead atoms. The van der Waals surface area contributed by atoms with Crippen molar-refractivity contribution in [1.29, 1.82) is 0 Å². The van der Waals surface area contributed by atoms with E-state index >= 15 is 0 Å². The Labute approximate surface area is 183 Å². The summed E-state index contributed by atoms with van der Waals surface area (Å²) in [6, 6.07) is 24.1. The van der Waals surface area contributed by atoms with Crippen molar-refractivity contribution in [3.8, 4) is 0 Å². The zero-order chi connectivity index (χ0) is 20.8. The van der Waals surface area contributed by atoms with Gasteiger partial charge >= 0.3 is 0 Å². The van der Waals surface area contributed by atoms with Crippen LogP contribution in [0.15, 0.2) is 77.3 Å². The highest BCUT2D eigenvalue weighted by Gasteiger charge is 2.70. The minimum Gasteiger partial charge on any atom is -0.274 e. The predicted octanol–water partition coefficient (Wildman–Crippen LogP) is 5.19. The van der Waals surface area contributed by atoms with Gasteiger partial charge in [0.05, 0.1) is 17.5 Å². The van der Waals surface area contributed by atoms with E-state index in [1.807, 2.05) is 48.5 Å². The molecule has 1 heterocycles. The maximum Gasteiger partial charge on any atom is 0.238 e. The smallest absolute Gasteiger partial charge is 0.238 e. The van der Waals surface area contributed by atoms with Gasteiger partial charge in [0.25, 0.3) is 0 Å². The summed E-state index contributed by atoms with van der Waals surface area (Å²) >= 11 is 3.44. The van der Waals surface area contributed by atoms with Gasteiger partial charge in [-0.1, -0.05) is 78.3 Å². The molecule has 0 aromatic heterocycles. The SMILES string of the molecule is CC12c3ccccc3C(C)(c3ccccc31)C1C(=O)N(c3ccc(Br)cc3)C(=O)C12. The summed E-state index contributed by atoms with van der Waals surface area (Å²) in [6.07, 6.45) is 0. The van der Waals surface area contributed by atoms with Crippen LogP contribution in [0, 0.1) is 11.8 Å². The second-order valence-corrected chi connectivity index (χ2v) is 9.86. The molecule has 4 heteroatoms. The Balaban J connectivity index is 1.66. The van der Waals surface area contributed by atoms with Gasteiger partial charge in [-0.25, -0.2) is 4.90 Å². The summed E-state index contributed by atoms with van der Waals surface area (Å²) < 4.78 is 0.918. The van der Waals surface area contributed by atoms with E-state index in [-0.39, 0.29) is 11.8 Å². The Bertz CT molecular complexity index is 1120. The van der Waals surface area contributed by atoms with Crippen LogP contribution in [0.5, 0.6) is 0 Å². The standard InChI is InChI=1S/C26H20BrNO2/c1-25-17-7-3-5-9-19(17)26(2,20-10-6-4-8-18(20)25)22-21(25)23(29)28(24(22)30)16-13-11-15(27)12-14-16/h3-14,21-22H,1-2H3. The first-order valence-corrected chi connectivity index (χ1v) is 11.0. The summed E-state index contributed by atoms with van der Waals surface area (Å²) in [7, 11) is 0. The molecular formula is C26H20BrNO2. The van der Waals surface area contributed by atoms with Gasteiger partial charge < -0.3 is 0 Å². The van der Waals surface area contributed by atoms with Crippen molar-refractivity contribution >= 4 is 33.4 Å². The van der Waals surface area contributed by atoms with Crippen LogP contribution in [0.3, 0.4) is 0 Å². The van der Waals surface area contributed by atoms with Gasteiger partial charge in [-0.15, -0.1) is 0 Å². The molecule has 3 aromatic rings. The Kier molecular flexibility index (Phi) is 3.44. The molecule has 1 saturated heterocycles. The minimum absolute atomic E-state index is 0.0925. The van der Waals surface area contributed by atoms with Crippen LogP contribution in [0.4, 0.5) is 5.69 Å². The summed E-state index contributed by atoms with van der Waals surface area (Å²) in [5, 5.41) is 0. The van der Waals surface area contributed by atoms with Gasteiger partial charge in [-0.2, -0.15) is 0 Å². The fourth-order valence-electron chi connectivity index (χ4n) is 6.42. The number of halogens is 1. The number of anilines is 1. The highest BCUT2D eigenvalue weighted by molar-refractivity contribution is 9.10. The topological polar surface area (TPSA) is 37.4 Å². The van der Waals surface area contributed by atoms with Crippen molar-refractivity contribution in [2.45, 2.75) is 24.7 Å². The number of rotatable bonds is 1. The molecule has 148 valence electrons. The summed E-state index contributed by atoms with van der Waals surface area (Å²) in [5.74, 6) is -1.01. The summed E-state index contributed by atoms with van der Waals surface area (Å²) in [5.41, 5.74) is 4.26. The van der Waals surface area contributed by atoms with Gasteiger partial charge in [0.1, 0.15) is 0 Å². The number of nitrogens with zero attached hydrogens (tertiary/aromatic N) is 1. The van der Waals surface area contributed by atoms with Crippen LogP contribution in [0.25, 0.3) is 0 Å². The van der Waals surface area contributed by atoms with Crippen molar-refractivity contribution in [3.05, 3.63) is 99.5 Å². The van der Waals surface area contributed by atoms with Crippen LogP contribution in [-0.2, 0) is 20.4 Å². The van der Waals surface area contributed by atoms with E-state index in [1.54, 1.807) is 0 Å². The van der Waals surface area contributed by atoms with Crippen LogP contribution in [-0.4, -0.2) is 11.8 Å². The number of benzene rings is 3. The van der Waals surface area contributed by atoms with E-state index in [4.69, 9.17) is 0 Å². The minimum atomic E-state index is -0.535. The quantitative estimate of drug-likeness (QED) is 0.471. The fraction of sp³-hybridized carbons (Fsp3) is 0.231. The molecule has 1 fully saturated rings. The van der Waals surface area contributed by atoms with E-state index < -0.39 is 22.7 Å². The van der Waals surface area contributed by atoms with Crippen LogP contribution in [0.2, 0.25) is 0 Å². The zero-order valence-electron chi connectivity index (χ0n) is 16.7. The van der Waals surface area contributed by atoms with E-state index in [9.17, 15) is 9.59 Å². The van der Waals surface area contributed by atoms with Crippen molar-refractivity contribution < 1.29 is 9.59 Å². The molecule has 30 heavy (non-hydrogen) atoms. The molecule has 1 aliphatic heterocycles. The molecule has 3 nitrogen and oxygen atoms in total. The normalized spacial score (nSPS) is 30.8. The lowest BCUT2D eigenvalue weighted by Gasteiger charge is -2.57. The molecule has 0 saturated carbocycles. The highest BCUT2D eigenvalue weighted by Crippen LogP contribution is 2.66. The average molecular weight is 458 g/mol. The average Bonchev–Trinajstić information content (AvgIpc) is 3.04. The third-order valence-electron chi connectivity index (χ3n) is 7.73. The number of imide groups is 1. The Morgan fingerprint density at radius 1 is 0.667 bits per heavy atom. The van der Waals surface area contributed by atoms with Crippen molar-refractivity contribution in [2.24, 2.45) is 11.8 Å². The van der Waals surface area contributed by atoms with Gasteiger partial charge in [0.2, 0.25) is 11.8 Å². The number of amides is 2.